The molecule has 0 aromatic heterocycles. The van der Waals surface area contributed by atoms with E-state index in [1.165, 1.54) is 0 Å². The second-order valence-corrected chi connectivity index (χ2v) is 8.60. The van der Waals surface area contributed by atoms with Gasteiger partial charge in [-0.3, -0.25) is 0 Å². The van der Waals surface area contributed by atoms with Crippen LogP contribution in [0.2, 0.25) is 0 Å². The molecule has 0 saturated heterocycles. The van der Waals surface area contributed by atoms with Gasteiger partial charge in [0, 0.05) is 35.2 Å². The van der Waals surface area contributed by atoms with Gasteiger partial charge in [-0.15, -0.1) is 0 Å². The summed E-state index contributed by atoms with van der Waals surface area (Å²) in [6.07, 6.45) is 0. The quantitative estimate of drug-likeness (QED) is 0.840. The molecule has 1 aromatic rings. The van der Waals surface area contributed by atoms with Crippen LogP contribution >= 0.6 is 15.9 Å². The van der Waals surface area contributed by atoms with Gasteiger partial charge in [-0.2, -0.15) is 0 Å². The third-order valence-corrected chi connectivity index (χ3v) is 7.04. The molecule has 0 spiro atoms. The molecular formula is C14H20BrNO3S. The van der Waals surface area contributed by atoms with E-state index in [4.69, 9.17) is 10.5 Å². The predicted octanol–water partition coefficient (Wildman–Crippen LogP) is 1.94. The normalized spacial score (nSPS) is 29.4. The largest absolute Gasteiger partial charge is 0.384 e. The van der Waals surface area contributed by atoms with Crippen LogP contribution in [0.3, 0.4) is 0 Å². The molecular weight excluding hydrogens is 342 g/mol. The summed E-state index contributed by atoms with van der Waals surface area (Å²) in [5, 5.41) is -0.439. The first-order valence-corrected chi connectivity index (χ1v) is 9.10. The lowest BCUT2D eigenvalue weighted by Crippen LogP contribution is -2.28. The average molecular weight is 362 g/mol. The fraction of sp³-hybridized carbons (Fsp3) is 0.571. The Labute approximate surface area is 128 Å². The summed E-state index contributed by atoms with van der Waals surface area (Å²) in [7, 11) is -1.56. The highest BCUT2D eigenvalue weighted by molar-refractivity contribution is 9.10. The molecule has 0 bridgehead atoms. The highest BCUT2D eigenvalue weighted by Gasteiger charge is 2.69. The van der Waals surface area contributed by atoms with Crippen molar-refractivity contribution >= 4 is 25.8 Å². The van der Waals surface area contributed by atoms with Crippen molar-refractivity contribution in [3.8, 4) is 0 Å². The Kier molecular flexibility index (Phi) is 4.59. The number of halogens is 1. The van der Waals surface area contributed by atoms with Gasteiger partial charge in [0.1, 0.15) is 0 Å². The molecule has 1 aromatic carbocycles. The summed E-state index contributed by atoms with van der Waals surface area (Å²) in [4.78, 5) is 0. The first-order valence-electron chi connectivity index (χ1n) is 6.59. The summed E-state index contributed by atoms with van der Waals surface area (Å²) in [5.41, 5.74) is 6.42. The fourth-order valence-corrected chi connectivity index (χ4v) is 5.53. The number of rotatable bonds is 6. The molecule has 0 unspecified atom stereocenters. The summed E-state index contributed by atoms with van der Waals surface area (Å²) in [6, 6.07) is 7.77. The number of hydrogen-bond acceptors (Lipinski definition) is 4. The van der Waals surface area contributed by atoms with Gasteiger partial charge in [-0.05, 0) is 17.7 Å². The first kappa shape index (κ1) is 15.9. The van der Waals surface area contributed by atoms with E-state index in [1.807, 2.05) is 24.3 Å². The molecule has 1 saturated carbocycles. The Hall–Kier alpha value is -0.430. The molecule has 1 fully saturated rings. The van der Waals surface area contributed by atoms with Crippen molar-refractivity contribution in [1.82, 2.24) is 0 Å². The van der Waals surface area contributed by atoms with E-state index < -0.39 is 20.5 Å². The Balaban J connectivity index is 2.42. The third kappa shape index (κ3) is 2.54. The lowest BCUT2D eigenvalue weighted by Gasteiger charge is -2.14. The Morgan fingerprint density at radius 2 is 1.95 bits per heavy atom. The third-order valence-electron chi connectivity index (χ3n) is 4.19. The molecule has 0 radical (unpaired) electrons. The molecule has 2 N–H and O–H groups in total. The second-order valence-electron chi connectivity index (χ2n) is 5.27. The lowest BCUT2D eigenvalue weighted by molar-refractivity contribution is 0.142. The standard InChI is InChI=1S/C14H20BrNO3S/c1-3-20(17,18)13-12(14(13,8-16)9-19-2)10-4-6-11(15)7-5-10/h4-7,12-13H,3,8-9,16H2,1-2H3/t12-,13-,14+/m1/s1. The van der Waals surface area contributed by atoms with Gasteiger partial charge in [-0.1, -0.05) is 35.0 Å². The summed E-state index contributed by atoms with van der Waals surface area (Å²) in [6.45, 7) is 2.36. The lowest BCUT2D eigenvalue weighted by atomic mass is 10.0. The van der Waals surface area contributed by atoms with Crippen LogP contribution in [0.15, 0.2) is 28.7 Å². The van der Waals surface area contributed by atoms with Gasteiger partial charge in [0.15, 0.2) is 9.84 Å². The minimum Gasteiger partial charge on any atom is -0.384 e. The van der Waals surface area contributed by atoms with Crippen LogP contribution in [0.5, 0.6) is 0 Å². The van der Waals surface area contributed by atoms with Gasteiger partial charge in [0.2, 0.25) is 0 Å². The maximum absolute atomic E-state index is 12.3. The Morgan fingerprint density at radius 3 is 2.40 bits per heavy atom. The molecule has 4 nitrogen and oxygen atoms in total. The number of benzene rings is 1. The van der Waals surface area contributed by atoms with Crippen LogP contribution < -0.4 is 5.73 Å². The maximum Gasteiger partial charge on any atom is 0.154 e. The van der Waals surface area contributed by atoms with Crippen molar-refractivity contribution in [2.75, 3.05) is 26.0 Å². The SMILES string of the molecule is CCS(=O)(=O)[C@@H]1[C@@H](c2ccc(Br)cc2)[C@]1(CN)COC. The van der Waals surface area contributed by atoms with Crippen LogP contribution in [0, 0.1) is 5.41 Å². The van der Waals surface area contributed by atoms with E-state index in [9.17, 15) is 8.42 Å². The van der Waals surface area contributed by atoms with Crippen LogP contribution in [0.1, 0.15) is 18.4 Å². The van der Waals surface area contributed by atoms with E-state index in [1.54, 1.807) is 14.0 Å². The zero-order valence-electron chi connectivity index (χ0n) is 11.7. The van der Waals surface area contributed by atoms with Crippen LogP contribution in [-0.2, 0) is 14.6 Å². The Morgan fingerprint density at radius 1 is 1.35 bits per heavy atom. The van der Waals surface area contributed by atoms with Crippen LogP contribution in [0.25, 0.3) is 0 Å². The van der Waals surface area contributed by atoms with E-state index in [-0.39, 0.29) is 11.7 Å². The summed E-state index contributed by atoms with van der Waals surface area (Å²) < 4.78 is 30.9. The monoisotopic (exact) mass is 361 g/mol. The maximum atomic E-state index is 12.3. The smallest absolute Gasteiger partial charge is 0.154 e. The van der Waals surface area contributed by atoms with E-state index in [0.717, 1.165) is 10.0 Å². The van der Waals surface area contributed by atoms with E-state index >= 15 is 0 Å². The molecule has 1 aliphatic rings. The fourth-order valence-electron chi connectivity index (χ4n) is 3.12. The van der Waals surface area contributed by atoms with Crippen molar-refractivity contribution in [3.05, 3.63) is 34.3 Å². The molecule has 112 valence electrons. The van der Waals surface area contributed by atoms with Crippen molar-refractivity contribution in [2.45, 2.75) is 18.1 Å². The average Bonchev–Trinajstić information content (AvgIpc) is 3.10. The highest BCUT2D eigenvalue weighted by atomic mass is 79.9. The minimum atomic E-state index is -3.15. The molecule has 0 heterocycles. The van der Waals surface area contributed by atoms with Gasteiger partial charge in [-0.25, -0.2) is 8.42 Å². The van der Waals surface area contributed by atoms with Crippen molar-refractivity contribution in [2.24, 2.45) is 11.1 Å². The Bertz CT molecular complexity index is 573. The molecule has 1 aliphatic carbocycles. The number of ether oxygens (including phenoxy) is 1. The van der Waals surface area contributed by atoms with Gasteiger partial charge >= 0.3 is 0 Å². The number of hydrogen-bond donors (Lipinski definition) is 1. The van der Waals surface area contributed by atoms with Crippen molar-refractivity contribution in [1.29, 1.82) is 0 Å². The van der Waals surface area contributed by atoms with Crippen LogP contribution in [-0.4, -0.2) is 39.7 Å². The van der Waals surface area contributed by atoms with E-state index in [0.29, 0.717) is 13.2 Å². The van der Waals surface area contributed by atoms with Gasteiger partial charge in [0.25, 0.3) is 0 Å². The van der Waals surface area contributed by atoms with Gasteiger partial charge in [0.05, 0.1) is 11.9 Å². The minimum absolute atomic E-state index is 0.0782. The zero-order chi connectivity index (χ0) is 15.0. The number of sulfone groups is 1. The zero-order valence-corrected chi connectivity index (χ0v) is 14.1. The number of methoxy groups -OCH3 is 1. The number of nitrogens with two attached hydrogens (primary N) is 1. The molecule has 2 rings (SSSR count). The van der Waals surface area contributed by atoms with Crippen LogP contribution in [0.4, 0.5) is 0 Å². The first-order chi connectivity index (χ1) is 9.43. The predicted molar refractivity (Wildman–Crippen MR) is 83.5 cm³/mol. The second kappa shape index (κ2) is 5.75. The molecule has 20 heavy (non-hydrogen) atoms. The molecule has 6 heteroatoms. The highest BCUT2D eigenvalue weighted by Crippen LogP contribution is 2.62. The van der Waals surface area contributed by atoms with Gasteiger partial charge < -0.3 is 10.5 Å². The molecule has 0 aliphatic heterocycles. The van der Waals surface area contributed by atoms with Crippen molar-refractivity contribution < 1.29 is 13.2 Å². The summed E-state index contributed by atoms with van der Waals surface area (Å²) in [5.74, 6) is 0.0568. The molecule has 0 amide bonds. The van der Waals surface area contributed by atoms with Crippen molar-refractivity contribution in [3.63, 3.8) is 0 Å². The molecule has 3 atom stereocenters. The van der Waals surface area contributed by atoms with E-state index in [2.05, 4.69) is 15.9 Å². The summed E-state index contributed by atoms with van der Waals surface area (Å²) >= 11 is 3.39. The topological polar surface area (TPSA) is 69.4 Å².